The maximum absolute atomic E-state index is 7.55. The molecule has 0 aromatic rings. The summed E-state index contributed by atoms with van der Waals surface area (Å²) >= 11 is 0. The molecule has 0 aromatic heterocycles. The lowest BCUT2D eigenvalue weighted by molar-refractivity contribution is 0.239. The number of hydrogen-bond acceptors (Lipinski definition) is 2. The number of nitrogens with one attached hydrogen (secondary N) is 1. The lowest BCUT2D eigenvalue weighted by Crippen LogP contribution is -2.31. The molecule has 0 aromatic carbocycles. The molecule has 3 nitrogen and oxygen atoms in total. The number of rotatable bonds is 6. The Morgan fingerprint density at radius 2 is 1.61 bits per heavy atom. The Morgan fingerprint density at radius 3 is 2.17 bits per heavy atom. The summed E-state index contributed by atoms with van der Waals surface area (Å²) in [6.45, 7) is 7.96. The van der Waals surface area contributed by atoms with E-state index in [0.29, 0.717) is 5.84 Å². The van der Waals surface area contributed by atoms with Crippen LogP contribution in [0.3, 0.4) is 0 Å². The molecule has 0 radical (unpaired) electrons. The summed E-state index contributed by atoms with van der Waals surface area (Å²) in [4.78, 5) is 2.62. The van der Waals surface area contributed by atoms with Crippen LogP contribution in [0, 0.1) is 10.8 Å². The third-order valence-electron chi connectivity index (χ3n) is 4.20. The van der Waals surface area contributed by atoms with Gasteiger partial charge in [-0.05, 0) is 45.3 Å². The summed E-state index contributed by atoms with van der Waals surface area (Å²) in [5, 5.41) is 7.55. The van der Waals surface area contributed by atoms with Crippen molar-refractivity contribution in [1.29, 1.82) is 5.41 Å². The summed E-state index contributed by atoms with van der Waals surface area (Å²) in [5.74, 6) is 0.328. The van der Waals surface area contributed by atoms with Gasteiger partial charge in [-0.15, -0.1) is 0 Å². The van der Waals surface area contributed by atoms with Gasteiger partial charge in [0.05, 0.1) is 5.84 Å². The third kappa shape index (κ3) is 5.85. The fraction of sp³-hybridized carbons (Fsp3) is 0.933. The molecule has 106 valence electrons. The topological polar surface area (TPSA) is 53.1 Å². The lowest BCUT2D eigenvalue weighted by Gasteiger charge is -2.26. The highest BCUT2D eigenvalue weighted by atomic mass is 15.1. The van der Waals surface area contributed by atoms with Crippen molar-refractivity contribution in [2.24, 2.45) is 11.1 Å². The van der Waals surface area contributed by atoms with Gasteiger partial charge in [0.25, 0.3) is 0 Å². The zero-order valence-electron chi connectivity index (χ0n) is 12.3. The summed E-state index contributed by atoms with van der Waals surface area (Å²) < 4.78 is 0. The minimum Gasteiger partial charge on any atom is -0.387 e. The molecule has 0 atom stereocenters. The molecule has 1 rings (SSSR count). The maximum atomic E-state index is 7.55. The van der Waals surface area contributed by atoms with Gasteiger partial charge in [-0.25, -0.2) is 0 Å². The van der Waals surface area contributed by atoms with E-state index in [4.69, 9.17) is 11.1 Å². The first-order valence-electron chi connectivity index (χ1n) is 7.59. The second kappa shape index (κ2) is 7.78. The molecule has 1 aliphatic heterocycles. The van der Waals surface area contributed by atoms with Gasteiger partial charge >= 0.3 is 0 Å². The Kier molecular flexibility index (Phi) is 6.69. The highest BCUT2D eigenvalue weighted by Crippen LogP contribution is 2.22. The van der Waals surface area contributed by atoms with Crippen molar-refractivity contribution >= 4 is 5.84 Å². The van der Waals surface area contributed by atoms with E-state index in [2.05, 4.69) is 18.7 Å². The maximum Gasteiger partial charge on any atom is 0.0963 e. The molecule has 3 N–H and O–H groups in total. The molecule has 1 heterocycles. The SMILES string of the molecule is CC(C)(CCCCN1CCCCCCC1)C(=N)N. The van der Waals surface area contributed by atoms with E-state index in [1.165, 1.54) is 64.6 Å². The second-order valence-corrected chi connectivity index (χ2v) is 6.36. The van der Waals surface area contributed by atoms with E-state index in [1.54, 1.807) is 0 Å². The average molecular weight is 253 g/mol. The second-order valence-electron chi connectivity index (χ2n) is 6.36. The van der Waals surface area contributed by atoms with Gasteiger partial charge in [-0.2, -0.15) is 0 Å². The van der Waals surface area contributed by atoms with E-state index in [9.17, 15) is 0 Å². The monoisotopic (exact) mass is 253 g/mol. The molecule has 0 amide bonds. The highest BCUT2D eigenvalue weighted by Gasteiger charge is 2.20. The van der Waals surface area contributed by atoms with Gasteiger partial charge < -0.3 is 10.6 Å². The van der Waals surface area contributed by atoms with Gasteiger partial charge in [0.2, 0.25) is 0 Å². The zero-order chi connectivity index (χ0) is 13.4. The van der Waals surface area contributed by atoms with Crippen LogP contribution in [0.25, 0.3) is 0 Å². The minimum absolute atomic E-state index is 0.115. The van der Waals surface area contributed by atoms with Crippen LogP contribution in [-0.2, 0) is 0 Å². The van der Waals surface area contributed by atoms with Crippen molar-refractivity contribution in [2.45, 2.75) is 65.2 Å². The number of nitrogens with two attached hydrogens (primary N) is 1. The minimum atomic E-state index is -0.115. The van der Waals surface area contributed by atoms with Gasteiger partial charge in [-0.3, -0.25) is 5.41 Å². The summed E-state index contributed by atoms with van der Waals surface area (Å²) in [7, 11) is 0. The lowest BCUT2D eigenvalue weighted by atomic mass is 9.86. The van der Waals surface area contributed by atoms with E-state index >= 15 is 0 Å². The number of unbranched alkanes of at least 4 members (excludes halogenated alkanes) is 1. The molecule has 0 unspecified atom stereocenters. The van der Waals surface area contributed by atoms with Crippen LogP contribution in [-0.4, -0.2) is 30.4 Å². The van der Waals surface area contributed by atoms with Crippen LogP contribution in [0.4, 0.5) is 0 Å². The van der Waals surface area contributed by atoms with Crippen molar-refractivity contribution in [1.82, 2.24) is 4.90 Å². The quantitative estimate of drug-likeness (QED) is 0.433. The van der Waals surface area contributed by atoms with E-state index in [0.717, 1.165) is 6.42 Å². The standard InChI is InChI=1S/C15H31N3/c1-15(2,14(16)17)10-6-9-13-18-11-7-4-3-5-8-12-18/h3-13H2,1-2H3,(H3,16,17). The predicted octanol–water partition coefficient (Wildman–Crippen LogP) is 3.38. The molecule has 0 aliphatic carbocycles. The number of likely N-dealkylation sites (tertiary alicyclic amines) is 1. The Bertz CT molecular complexity index is 240. The van der Waals surface area contributed by atoms with Gasteiger partial charge in [-0.1, -0.05) is 39.5 Å². The molecule has 1 saturated heterocycles. The van der Waals surface area contributed by atoms with Crippen LogP contribution in [0.5, 0.6) is 0 Å². The Hall–Kier alpha value is -0.570. The molecule has 0 bridgehead atoms. The highest BCUT2D eigenvalue weighted by molar-refractivity contribution is 5.82. The van der Waals surface area contributed by atoms with Crippen molar-refractivity contribution in [3.8, 4) is 0 Å². The first-order valence-corrected chi connectivity index (χ1v) is 7.59. The van der Waals surface area contributed by atoms with Gasteiger partial charge in [0, 0.05) is 5.41 Å². The van der Waals surface area contributed by atoms with E-state index < -0.39 is 0 Å². The van der Waals surface area contributed by atoms with Crippen molar-refractivity contribution in [2.75, 3.05) is 19.6 Å². The Morgan fingerprint density at radius 1 is 1.06 bits per heavy atom. The van der Waals surface area contributed by atoms with Crippen LogP contribution >= 0.6 is 0 Å². The van der Waals surface area contributed by atoms with Gasteiger partial charge in [0.1, 0.15) is 0 Å². The summed E-state index contributed by atoms with van der Waals surface area (Å²) in [5.41, 5.74) is 5.49. The van der Waals surface area contributed by atoms with E-state index in [-0.39, 0.29) is 5.41 Å². The van der Waals surface area contributed by atoms with E-state index in [1.807, 2.05) is 0 Å². The molecular formula is C15H31N3. The normalized spacial score (nSPS) is 19.2. The molecule has 1 fully saturated rings. The fourth-order valence-corrected chi connectivity index (χ4v) is 2.57. The van der Waals surface area contributed by atoms with Crippen molar-refractivity contribution < 1.29 is 0 Å². The predicted molar refractivity (Wildman–Crippen MR) is 79.1 cm³/mol. The van der Waals surface area contributed by atoms with Crippen molar-refractivity contribution in [3.63, 3.8) is 0 Å². The van der Waals surface area contributed by atoms with Crippen LogP contribution in [0.15, 0.2) is 0 Å². The fourth-order valence-electron chi connectivity index (χ4n) is 2.57. The molecule has 3 heteroatoms. The first-order chi connectivity index (χ1) is 8.52. The van der Waals surface area contributed by atoms with Crippen molar-refractivity contribution in [3.05, 3.63) is 0 Å². The van der Waals surface area contributed by atoms with Gasteiger partial charge in [0.15, 0.2) is 0 Å². The smallest absolute Gasteiger partial charge is 0.0963 e. The third-order valence-corrected chi connectivity index (χ3v) is 4.20. The zero-order valence-corrected chi connectivity index (χ0v) is 12.3. The first kappa shape index (κ1) is 15.5. The molecular weight excluding hydrogens is 222 g/mol. The molecule has 18 heavy (non-hydrogen) atoms. The number of hydrogen-bond donors (Lipinski definition) is 2. The Balaban J connectivity index is 2.14. The largest absolute Gasteiger partial charge is 0.387 e. The number of nitrogens with zero attached hydrogens (tertiary/aromatic N) is 1. The molecule has 0 saturated carbocycles. The Labute approximate surface area is 113 Å². The molecule has 0 spiro atoms. The summed E-state index contributed by atoms with van der Waals surface area (Å²) in [6.07, 6.45) is 10.5. The number of amidine groups is 1. The average Bonchev–Trinajstić information content (AvgIpc) is 2.26. The molecule has 1 aliphatic rings. The van der Waals surface area contributed by atoms with Crippen LogP contribution < -0.4 is 5.73 Å². The van der Waals surface area contributed by atoms with Crippen LogP contribution in [0.1, 0.15) is 65.2 Å². The summed E-state index contributed by atoms with van der Waals surface area (Å²) in [6, 6.07) is 0. The van der Waals surface area contributed by atoms with Crippen LogP contribution in [0.2, 0.25) is 0 Å².